The average Bonchev–Trinajstić information content (AvgIpc) is 4.19. The third-order valence-electron chi connectivity index (χ3n) is 13.3. The highest BCUT2D eigenvalue weighted by Gasteiger charge is 2.43. The molecular weight excluding hydrogens is 841 g/mol. The lowest BCUT2D eigenvalue weighted by atomic mass is 9.87. The first kappa shape index (κ1) is 42.3. The van der Waals surface area contributed by atoms with E-state index in [1.54, 1.807) is 12.4 Å². The minimum atomic E-state index is -0.926. The van der Waals surface area contributed by atoms with Crippen LogP contribution in [-0.4, -0.2) is 80.0 Å². The topological polar surface area (TPSA) is 193 Å². The number of carbonyl (C=O) groups excluding carboxylic acids is 4. The Hall–Kier alpha value is -7.62. The van der Waals surface area contributed by atoms with Gasteiger partial charge in [-0.3, -0.25) is 9.59 Å². The fourth-order valence-corrected chi connectivity index (χ4v) is 10.1. The van der Waals surface area contributed by atoms with Crippen molar-refractivity contribution in [3.05, 3.63) is 131 Å². The van der Waals surface area contributed by atoms with E-state index in [2.05, 4.69) is 32.7 Å². The third kappa shape index (κ3) is 7.65. The molecule has 2 saturated heterocycles. The molecule has 16 nitrogen and oxygen atoms in total. The number of nitrogens with zero attached hydrogens (tertiary/aromatic N) is 4. The maximum absolute atomic E-state index is 14.3. The van der Waals surface area contributed by atoms with Gasteiger partial charge in [0.1, 0.15) is 48.4 Å². The number of rotatable bonds is 10. The quantitative estimate of drug-likeness (QED) is 0.104. The summed E-state index contributed by atoms with van der Waals surface area (Å²) < 4.78 is 22.7. The Morgan fingerprint density at radius 1 is 0.621 bits per heavy atom. The summed E-state index contributed by atoms with van der Waals surface area (Å²) in [5.41, 5.74) is 8.57. The average molecular weight is 891 g/mol. The number of amides is 4. The number of methoxy groups -OCH3 is 2. The van der Waals surface area contributed by atoms with Gasteiger partial charge in [0.25, 0.3) is 11.8 Å². The molecule has 6 atom stereocenters. The largest absolute Gasteiger partial charge is 0.488 e. The van der Waals surface area contributed by atoms with Crippen LogP contribution in [-0.2, 0) is 32.3 Å². The number of nitrogens with one attached hydrogen (secondary N) is 4. The lowest BCUT2D eigenvalue weighted by Gasteiger charge is -2.31. The summed E-state index contributed by atoms with van der Waals surface area (Å²) >= 11 is 0. The summed E-state index contributed by atoms with van der Waals surface area (Å²) in [6.07, 6.45) is 5.16. The Bertz CT molecular complexity index is 2590. The van der Waals surface area contributed by atoms with Crippen LogP contribution in [0.15, 0.2) is 97.3 Å². The number of H-pyrrole nitrogens is 2. The smallest absolute Gasteiger partial charge is 0.407 e. The van der Waals surface area contributed by atoms with Crippen molar-refractivity contribution in [2.24, 2.45) is 0 Å². The Morgan fingerprint density at radius 2 is 1.03 bits per heavy atom. The molecule has 0 radical (unpaired) electrons. The van der Waals surface area contributed by atoms with Gasteiger partial charge in [-0.2, -0.15) is 0 Å². The minimum Gasteiger partial charge on any atom is -0.488 e. The maximum atomic E-state index is 14.3. The Kier molecular flexibility index (Phi) is 11.2. The van der Waals surface area contributed by atoms with Gasteiger partial charge in [0.2, 0.25) is 0 Å². The van der Waals surface area contributed by atoms with E-state index < -0.39 is 24.3 Å². The molecule has 10 rings (SSSR count). The maximum Gasteiger partial charge on any atom is 0.407 e. The van der Waals surface area contributed by atoms with Crippen LogP contribution in [0.4, 0.5) is 9.59 Å². The number of alkyl carbamates (subject to hydrolysis) is 2. The molecule has 4 aromatic carbocycles. The number of ether oxygens (including phenoxy) is 4. The van der Waals surface area contributed by atoms with Gasteiger partial charge >= 0.3 is 12.2 Å². The van der Waals surface area contributed by atoms with Crippen LogP contribution in [0.2, 0.25) is 0 Å². The number of likely N-dealkylation sites (tertiary alicyclic amines) is 2. The van der Waals surface area contributed by atoms with E-state index in [9.17, 15) is 19.2 Å². The van der Waals surface area contributed by atoms with Gasteiger partial charge in [0.05, 0.1) is 50.1 Å². The number of hydrogen-bond donors (Lipinski definition) is 4. The first-order valence-electron chi connectivity index (χ1n) is 22.2. The molecule has 0 unspecified atom stereocenters. The van der Waals surface area contributed by atoms with E-state index in [4.69, 9.17) is 28.9 Å². The summed E-state index contributed by atoms with van der Waals surface area (Å²) in [7, 11) is 2.56. The van der Waals surface area contributed by atoms with Gasteiger partial charge in [0, 0.05) is 45.5 Å². The van der Waals surface area contributed by atoms with E-state index in [0.717, 1.165) is 69.1 Å². The van der Waals surface area contributed by atoms with Crippen LogP contribution >= 0.6 is 0 Å². The van der Waals surface area contributed by atoms with E-state index in [1.165, 1.54) is 14.2 Å². The summed E-state index contributed by atoms with van der Waals surface area (Å²) in [6.45, 7) is 4.67. The normalized spacial score (nSPS) is 20.1. The molecular formula is C50H50N8O8. The fourth-order valence-electron chi connectivity index (χ4n) is 10.1. The number of aromatic amines is 2. The van der Waals surface area contributed by atoms with E-state index in [1.807, 2.05) is 96.4 Å². The molecule has 0 aliphatic carbocycles. The number of benzene rings is 4. The van der Waals surface area contributed by atoms with E-state index in [-0.39, 0.29) is 36.0 Å². The molecule has 0 bridgehead atoms. The fraction of sp³-hybridized carbons (Fsp3) is 0.320. The molecule has 6 aromatic rings. The number of aromatic nitrogens is 4. The zero-order valence-electron chi connectivity index (χ0n) is 37.0. The highest BCUT2D eigenvalue weighted by atomic mass is 16.5. The molecule has 0 spiro atoms. The molecule has 338 valence electrons. The molecule has 2 fully saturated rings. The van der Waals surface area contributed by atoms with Gasteiger partial charge in [0.15, 0.2) is 0 Å². The molecule has 4 amide bonds. The van der Waals surface area contributed by atoms with Crippen molar-refractivity contribution in [3.8, 4) is 45.1 Å². The van der Waals surface area contributed by atoms with Gasteiger partial charge in [-0.05, 0) is 74.9 Å². The second kappa shape index (κ2) is 17.4. The van der Waals surface area contributed by atoms with Gasteiger partial charge < -0.3 is 49.3 Å². The van der Waals surface area contributed by atoms with E-state index >= 15 is 0 Å². The molecule has 2 aromatic heterocycles. The van der Waals surface area contributed by atoms with Crippen molar-refractivity contribution in [2.45, 2.75) is 89.0 Å². The summed E-state index contributed by atoms with van der Waals surface area (Å²) in [5.74, 6) is 2.33. The molecule has 0 saturated carbocycles. The Morgan fingerprint density at radius 3 is 1.42 bits per heavy atom. The number of imidazole rings is 2. The van der Waals surface area contributed by atoms with Crippen LogP contribution < -0.4 is 20.1 Å². The second-order valence-electron chi connectivity index (χ2n) is 17.3. The van der Waals surface area contributed by atoms with Crippen molar-refractivity contribution in [1.82, 2.24) is 40.4 Å². The molecule has 4 N–H and O–H groups in total. The summed E-state index contributed by atoms with van der Waals surface area (Å²) in [6, 6.07) is 23.9. The summed E-state index contributed by atoms with van der Waals surface area (Å²) in [4.78, 5) is 73.6. The van der Waals surface area contributed by atoms with Crippen LogP contribution in [0, 0.1) is 0 Å². The first-order chi connectivity index (χ1) is 32.1. The van der Waals surface area contributed by atoms with Gasteiger partial charge in [-0.1, -0.05) is 60.7 Å². The Labute approximate surface area is 381 Å². The number of hydrogen-bond acceptors (Lipinski definition) is 10. The SMILES string of the molecule is COC(=O)N[C@@H](C(=O)N1[C@@H](C)CC[C@H]1c1ncc(-c2cc3c4c(c2)OCc2cc(-c5cnc([C@@H]6CC[C@H](C)N6C(=O)[C@H](NC(=O)OC)c6ccccc6)[nH]5)cc(c2-4)OC3)[nH]1)c1ccccc1. The highest BCUT2D eigenvalue weighted by molar-refractivity contribution is 5.90. The molecule has 6 heterocycles. The van der Waals surface area contributed by atoms with Gasteiger partial charge in [-0.25, -0.2) is 19.6 Å². The van der Waals surface area contributed by atoms with Gasteiger partial charge in [-0.15, -0.1) is 0 Å². The molecule has 4 aliphatic rings. The zero-order chi connectivity index (χ0) is 45.6. The predicted octanol–water partition coefficient (Wildman–Crippen LogP) is 8.22. The van der Waals surface area contributed by atoms with E-state index in [0.29, 0.717) is 48.8 Å². The van der Waals surface area contributed by atoms with Crippen molar-refractivity contribution in [1.29, 1.82) is 0 Å². The van der Waals surface area contributed by atoms with Crippen LogP contribution in [0.5, 0.6) is 11.5 Å². The molecule has 66 heavy (non-hydrogen) atoms. The Balaban J connectivity index is 0.892. The van der Waals surface area contributed by atoms with Crippen LogP contribution in [0.25, 0.3) is 33.6 Å². The highest BCUT2D eigenvalue weighted by Crippen LogP contribution is 2.51. The van der Waals surface area contributed by atoms with Crippen molar-refractivity contribution >= 4 is 24.0 Å². The lowest BCUT2D eigenvalue weighted by molar-refractivity contribution is -0.137. The zero-order valence-corrected chi connectivity index (χ0v) is 37.0. The predicted molar refractivity (Wildman–Crippen MR) is 242 cm³/mol. The molecule has 4 aliphatic heterocycles. The molecule has 16 heteroatoms. The number of carbonyl (C=O) groups is 4. The summed E-state index contributed by atoms with van der Waals surface area (Å²) in [5, 5.41) is 5.48. The van der Waals surface area contributed by atoms with Crippen molar-refractivity contribution < 1.29 is 38.1 Å². The first-order valence-corrected chi connectivity index (χ1v) is 22.2. The lowest BCUT2D eigenvalue weighted by Crippen LogP contribution is -2.45. The van der Waals surface area contributed by atoms with Crippen molar-refractivity contribution in [2.75, 3.05) is 14.2 Å². The minimum absolute atomic E-state index is 0.0841. The third-order valence-corrected chi connectivity index (χ3v) is 13.3. The van der Waals surface area contributed by atoms with Crippen LogP contribution in [0.3, 0.4) is 0 Å². The standard InChI is InChI=1S/C50H50N8O8/c1-27-15-17-37(57(27)47(59)43(55-49(61)63-3)29-11-7-5-8-12-29)45-51-23-35(53-45)31-19-33-25-66-40-22-32(20-34-26-65-39(21-31)41(33)42(34)40)36-24-52-46(54-36)38-18-16-28(2)58(38)48(60)44(56-50(62)64-4)30-13-9-6-10-14-30/h5-14,19-24,27-28,37-38,43-44H,15-18,25-26H2,1-4H3,(H,51,53)(H,52,54)(H,55,61)(H,56,62)/t27-,28-,37-,38-,43+,44+/m0/s1. The van der Waals surface area contributed by atoms with Crippen molar-refractivity contribution in [3.63, 3.8) is 0 Å². The van der Waals surface area contributed by atoms with Crippen LogP contribution in [0.1, 0.15) is 97.6 Å². The second-order valence-corrected chi connectivity index (χ2v) is 17.3. The monoisotopic (exact) mass is 890 g/mol.